The quantitative estimate of drug-likeness (QED) is 0.939. The third-order valence-corrected chi connectivity index (χ3v) is 5.05. The molecular formula is C17H18N2O3S. The maximum absolute atomic E-state index is 12.6. The van der Waals surface area contributed by atoms with Crippen LogP contribution in [-0.4, -0.2) is 34.4 Å². The Hall–Kier alpha value is -2.21. The van der Waals surface area contributed by atoms with Crippen molar-refractivity contribution in [3.05, 3.63) is 53.5 Å². The van der Waals surface area contributed by atoms with E-state index in [4.69, 9.17) is 4.42 Å². The molecule has 1 N–H and O–H groups in total. The predicted octanol–water partition coefficient (Wildman–Crippen LogP) is 3.05. The van der Waals surface area contributed by atoms with Crippen LogP contribution in [0.1, 0.15) is 21.7 Å². The molecule has 0 aliphatic carbocycles. The lowest BCUT2D eigenvalue weighted by atomic mass is 10.1. The second-order valence-corrected chi connectivity index (χ2v) is 6.50. The van der Waals surface area contributed by atoms with E-state index >= 15 is 0 Å². The topological polar surface area (TPSA) is 62.6 Å². The standard InChI is InChI=1S/C17H18N2O3S/c1-11-5-3-6-13(12(11)2)18-16(20)14-9-23-10-19(14)17(21)15-7-4-8-22-15/h3-8,14H,9-10H2,1-2H3,(H,18,20)/t14-/m1/s1. The van der Waals surface area contributed by atoms with Gasteiger partial charge >= 0.3 is 0 Å². The van der Waals surface area contributed by atoms with Gasteiger partial charge in [-0.1, -0.05) is 12.1 Å². The molecule has 1 aliphatic rings. The van der Waals surface area contributed by atoms with E-state index < -0.39 is 6.04 Å². The number of rotatable bonds is 3. The van der Waals surface area contributed by atoms with Crippen molar-refractivity contribution in [3.63, 3.8) is 0 Å². The van der Waals surface area contributed by atoms with E-state index in [0.717, 1.165) is 16.8 Å². The number of benzene rings is 1. The number of aryl methyl sites for hydroxylation is 1. The maximum atomic E-state index is 12.6. The fraction of sp³-hybridized carbons (Fsp3) is 0.294. The first-order chi connectivity index (χ1) is 11.1. The van der Waals surface area contributed by atoms with Crippen molar-refractivity contribution >= 4 is 29.3 Å². The molecule has 1 atom stereocenters. The molecule has 2 amide bonds. The molecule has 1 aromatic heterocycles. The van der Waals surface area contributed by atoms with Crippen LogP contribution in [0.4, 0.5) is 5.69 Å². The van der Waals surface area contributed by atoms with Gasteiger partial charge in [-0.25, -0.2) is 0 Å². The van der Waals surface area contributed by atoms with Gasteiger partial charge in [0.05, 0.1) is 12.1 Å². The molecule has 0 saturated carbocycles. The first-order valence-corrected chi connectivity index (χ1v) is 8.52. The molecule has 5 nitrogen and oxygen atoms in total. The van der Waals surface area contributed by atoms with E-state index in [1.54, 1.807) is 28.8 Å². The summed E-state index contributed by atoms with van der Waals surface area (Å²) in [5.41, 5.74) is 2.94. The summed E-state index contributed by atoms with van der Waals surface area (Å²) in [6, 6.07) is 8.58. The highest BCUT2D eigenvalue weighted by Crippen LogP contribution is 2.25. The molecular weight excluding hydrogens is 312 g/mol. The average molecular weight is 330 g/mol. The number of hydrogen-bond acceptors (Lipinski definition) is 4. The van der Waals surface area contributed by atoms with Crippen LogP contribution in [0.15, 0.2) is 41.0 Å². The van der Waals surface area contributed by atoms with Crippen LogP contribution >= 0.6 is 11.8 Å². The Balaban J connectivity index is 1.76. The summed E-state index contributed by atoms with van der Waals surface area (Å²) in [4.78, 5) is 26.6. The van der Waals surface area contributed by atoms with E-state index in [0.29, 0.717) is 11.6 Å². The largest absolute Gasteiger partial charge is 0.459 e. The van der Waals surface area contributed by atoms with Crippen LogP contribution in [0.5, 0.6) is 0 Å². The second-order valence-electron chi connectivity index (χ2n) is 5.50. The monoisotopic (exact) mass is 330 g/mol. The van der Waals surface area contributed by atoms with Crippen molar-refractivity contribution in [2.45, 2.75) is 19.9 Å². The summed E-state index contributed by atoms with van der Waals surface area (Å²) in [5, 5.41) is 2.95. The lowest BCUT2D eigenvalue weighted by Crippen LogP contribution is -2.44. The fourth-order valence-electron chi connectivity index (χ4n) is 2.50. The number of amides is 2. The van der Waals surface area contributed by atoms with E-state index in [1.165, 1.54) is 6.26 Å². The SMILES string of the molecule is Cc1cccc(NC(=O)[C@H]2CSCN2C(=O)c2ccco2)c1C. The summed E-state index contributed by atoms with van der Waals surface area (Å²) >= 11 is 1.56. The van der Waals surface area contributed by atoms with Crippen LogP contribution in [0.3, 0.4) is 0 Å². The minimum atomic E-state index is -0.488. The minimum absolute atomic E-state index is 0.163. The van der Waals surface area contributed by atoms with Crippen molar-refractivity contribution in [3.8, 4) is 0 Å². The smallest absolute Gasteiger partial charge is 0.290 e. The Labute approximate surface area is 139 Å². The van der Waals surface area contributed by atoms with Gasteiger partial charge in [0.2, 0.25) is 5.91 Å². The lowest BCUT2D eigenvalue weighted by molar-refractivity contribution is -0.119. The molecule has 0 spiro atoms. The molecule has 0 unspecified atom stereocenters. The Morgan fingerprint density at radius 1 is 1.26 bits per heavy atom. The van der Waals surface area contributed by atoms with Crippen molar-refractivity contribution in [1.82, 2.24) is 4.90 Å². The summed E-state index contributed by atoms with van der Waals surface area (Å²) in [6.45, 7) is 3.98. The van der Waals surface area contributed by atoms with Crippen molar-refractivity contribution in [1.29, 1.82) is 0 Å². The summed E-state index contributed by atoms with van der Waals surface area (Å²) in [5.74, 6) is 0.926. The third kappa shape index (κ3) is 3.12. The van der Waals surface area contributed by atoms with E-state index in [1.807, 2.05) is 32.0 Å². The first-order valence-electron chi connectivity index (χ1n) is 7.37. The van der Waals surface area contributed by atoms with Crippen LogP contribution < -0.4 is 5.32 Å². The highest BCUT2D eigenvalue weighted by Gasteiger charge is 2.36. The maximum Gasteiger partial charge on any atom is 0.290 e. The number of nitrogens with zero attached hydrogens (tertiary/aromatic N) is 1. The van der Waals surface area contributed by atoms with E-state index in [-0.39, 0.29) is 17.6 Å². The molecule has 0 bridgehead atoms. The normalized spacial score (nSPS) is 17.3. The zero-order valence-corrected chi connectivity index (χ0v) is 13.9. The van der Waals surface area contributed by atoms with Crippen LogP contribution in [0, 0.1) is 13.8 Å². The van der Waals surface area contributed by atoms with Gasteiger partial charge in [0.15, 0.2) is 5.76 Å². The number of hydrogen-bond donors (Lipinski definition) is 1. The highest BCUT2D eigenvalue weighted by molar-refractivity contribution is 7.99. The van der Waals surface area contributed by atoms with E-state index in [9.17, 15) is 9.59 Å². The molecule has 1 saturated heterocycles. The number of carbonyl (C=O) groups excluding carboxylic acids is 2. The summed E-state index contributed by atoms with van der Waals surface area (Å²) in [7, 11) is 0. The van der Waals surface area contributed by atoms with Gasteiger partial charge in [-0.3, -0.25) is 9.59 Å². The third-order valence-electron chi connectivity index (χ3n) is 4.04. The van der Waals surface area contributed by atoms with Gasteiger partial charge < -0.3 is 14.6 Å². The minimum Gasteiger partial charge on any atom is -0.459 e. The zero-order chi connectivity index (χ0) is 16.4. The molecule has 3 rings (SSSR count). The highest BCUT2D eigenvalue weighted by atomic mass is 32.2. The summed E-state index contributed by atoms with van der Waals surface area (Å²) < 4.78 is 5.16. The molecule has 1 aliphatic heterocycles. The van der Waals surface area contributed by atoms with Gasteiger partial charge in [-0.15, -0.1) is 11.8 Å². The number of anilines is 1. The molecule has 23 heavy (non-hydrogen) atoms. The van der Waals surface area contributed by atoms with Crippen molar-refractivity contribution < 1.29 is 14.0 Å². The fourth-order valence-corrected chi connectivity index (χ4v) is 3.66. The Morgan fingerprint density at radius 2 is 2.09 bits per heavy atom. The van der Waals surface area contributed by atoms with Crippen molar-refractivity contribution in [2.75, 3.05) is 16.9 Å². The van der Waals surface area contributed by atoms with Gasteiger partial charge in [0.25, 0.3) is 5.91 Å². The van der Waals surface area contributed by atoms with Crippen LogP contribution in [0.2, 0.25) is 0 Å². The van der Waals surface area contributed by atoms with Crippen LogP contribution in [0.25, 0.3) is 0 Å². The van der Waals surface area contributed by atoms with Gasteiger partial charge in [0, 0.05) is 11.4 Å². The lowest BCUT2D eigenvalue weighted by Gasteiger charge is -2.22. The number of furan rings is 1. The van der Waals surface area contributed by atoms with Crippen LogP contribution in [-0.2, 0) is 4.79 Å². The van der Waals surface area contributed by atoms with E-state index in [2.05, 4.69) is 5.32 Å². The first kappa shape index (κ1) is 15.7. The van der Waals surface area contributed by atoms with Gasteiger partial charge in [-0.05, 0) is 43.2 Å². The molecule has 120 valence electrons. The second kappa shape index (κ2) is 6.50. The Morgan fingerprint density at radius 3 is 2.83 bits per heavy atom. The molecule has 1 fully saturated rings. The van der Waals surface area contributed by atoms with Gasteiger partial charge in [0.1, 0.15) is 6.04 Å². The summed E-state index contributed by atoms with van der Waals surface area (Å²) in [6.07, 6.45) is 1.46. The average Bonchev–Trinajstić information content (AvgIpc) is 3.21. The molecule has 2 aromatic rings. The zero-order valence-electron chi connectivity index (χ0n) is 13.0. The molecule has 1 aromatic carbocycles. The molecule has 2 heterocycles. The molecule has 6 heteroatoms. The van der Waals surface area contributed by atoms with Gasteiger partial charge in [-0.2, -0.15) is 0 Å². The molecule has 0 radical (unpaired) electrons. The Bertz CT molecular complexity index is 727. The Kier molecular flexibility index (Phi) is 4.43. The van der Waals surface area contributed by atoms with Crippen molar-refractivity contribution in [2.24, 2.45) is 0 Å². The predicted molar refractivity (Wildman–Crippen MR) is 90.5 cm³/mol. The number of carbonyl (C=O) groups is 2. The number of thioether (sulfide) groups is 1. The number of nitrogens with one attached hydrogen (secondary N) is 1.